The molecule has 0 radical (unpaired) electrons. The number of hydrogen-bond donors (Lipinski definition) is 1. The highest BCUT2D eigenvalue weighted by Gasteiger charge is 2.14. The first-order chi connectivity index (χ1) is 14.6. The van der Waals surface area contributed by atoms with Crippen LogP contribution in [-0.2, 0) is 19.7 Å². The van der Waals surface area contributed by atoms with E-state index in [0.717, 1.165) is 32.7 Å². The minimum atomic E-state index is 0.283. The summed E-state index contributed by atoms with van der Waals surface area (Å²) in [5.74, 6) is 2.95. The van der Waals surface area contributed by atoms with Crippen LogP contribution in [0.5, 0.6) is 23.0 Å². The quantitative estimate of drug-likeness (QED) is 0.438. The van der Waals surface area contributed by atoms with Crippen LogP contribution in [0.25, 0.3) is 0 Å². The lowest BCUT2D eigenvalue weighted by Crippen LogP contribution is -2.13. The predicted octanol–water partition coefficient (Wildman–Crippen LogP) is 5.71. The molecule has 1 aliphatic heterocycles. The Morgan fingerprint density at radius 1 is 0.933 bits per heavy atom. The van der Waals surface area contributed by atoms with Crippen molar-refractivity contribution in [2.24, 2.45) is 0 Å². The van der Waals surface area contributed by atoms with Crippen molar-refractivity contribution in [3.63, 3.8) is 0 Å². The molecular weight excluding hydrogens is 470 g/mol. The first-order valence-corrected chi connectivity index (χ1v) is 10.6. The summed E-state index contributed by atoms with van der Waals surface area (Å²) in [6.45, 7) is 2.09. The topological polar surface area (TPSA) is 49.0 Å². The summed E-state index contributed by atoms with van der Waals surface area (Å²) in [6, 6.07) is 17.5. The zero-order chi connectivity index (χ0) is 20.9. The lowest BCUT2D eigenvalue weighted by atomic mass is 10.1. The second-order valence-corrected chi connectivity index (χ2v) is 8.09. The number of ether oxygens (including phenoxy) is 4. The largest absolute Gasteiger partial charge is 0.493 e. The highest BCUT2D eigenvalue weighted by atomic mass is 79.9. The Labute approximate surface area is 189 Å². The van der Waals surface area contributed by atoms with Crippen molar-refractivity contribution >= 4 is 27.5 Å². The van der Waals surface area contributed by atoms with Gasteiger partial charge in [0.2, 0.25) is 6.79 Å². The maximum atomic E-state index is 5.96. The highest BCUT2D eigenvalue weighted by molar-refractivity contribution is 9.10. The molecule has 0 aliphatic carbocycles. The van der Waals surface area contributed by atoms with Gasteiger partial charge in [-0.3, -0.25) is 0 Å². The molecule has 156 valence electrons. The lowest BCUT2D eigenvalue weighted by molar-refractivity contribution is 0.174. The summed E-state index contributed by atoms with van der Waals surface area (Å²) >= 11 is 9.58. The SMILES string of the molecule is COc1cc(CNCc2ccc3c(c2)OCO3)c(Br)cc1OCc1ccc(Cl)cc1. The summed E-state index contributed by atoms with van der Waals surface area (Å²) in [7, 11) is 1.64. The molecule has 1 N–H and O–H groups in total. The van der Waals surface area contributed by atoms with Crippen LogP contribution in [0.4, 0.5) is 0 Å². The van der Waals surface area contributed by atoms with Crippen LogP contribution < -0.4 is 24.3 Å². The molecule has 3 aromatic rings. The fourth-order valence-electron chi connectivity index (χ4n) is 3.12. The van der Waals surface area contributed by atoms with Gasteiger partial charge in [-0.1, -0.05) is 45.7 Å². The number of benzene rings is 3. The van der Waals surface area contributed by atoms with Crippen molar-refractivity contribution < 1.29 is 18.9 Å². The van der Waals surface area contributed by atoms with E-state index in [1.807, 2.05) is 54.6 Å². The van der Waals surface area contributed by atoms with Gasteiger partial charge >= 0.3 is 0 Å². The molecule has 30 heavy (non-hydrogen) atoms. The summed E-state index contributed by atoms with van der Waals surface area (Å²) in [5.41, 5.74) is 3.24. The Morgan fingerprint density at radius 3 is 2.50 bits per heavy atom. The third-order valence-corrected chi connectivity index (χ3v) is 5.71. The van der Waals surface area contributed by atoms with E-state index in [9.17, 15) is 0 Å². The van der Waals surface area contributed by atoms with Crippen molar-refractivity contribution in [3.8, 4) is 23.0 Å². The lowest BCUT2D eigenvalue weighted by Gasteiger charge is -2.15. The Bertz CT molecular complexity index is 1030. The van der Waals surface area contributed by atoms with Gasteiger partial charge in [-0.25, -0.2) is 0 Å². The molecule has 0 amide bonds. The first-order valence-electron chi connectivity index (χ1n) is 9.45. The van der Waals surface area contributed by atoms with Gasteiger partial charge in [0.15, 0.2) is 23.0 Å². The minimum absolute atomic E-state index is 0.283. The maximum Gasteiger partial charge on any atom is 0.231 e. The normalized spacial score (nSPS) is 12.1. The minimum Gasteiger partial charge on any atom is -0.493 e. The molecule has 0 aromatic heterocycles. The average molecular weight is 491 g/mol. The van der Waals surface area contributed by atoms with E-state index in [1.54, 1.807) is 7.11 Å². The second kappa shape index (κ2) is 9.60. The van der Waals surface area contributed by atoms with Gasteiger partial charge < -0.3 is 24.3 Å². The fourth-order valence-corrected chi connectivity index (χ4v) is 3.71. The van der Waals surface area contributed by atoms with Crippen LogP contribution in [0.2, 0.25) is 5.02 Å². The van der Waals surface area contributed by atoms with Gasteiger partial charge in [0.05, 0.1) is 7.11 Å². The van der Waals surface area contributed by atoms with E-state index in [-0.39, 0.29) is 6.79 Å². The van der Waals surface area contributed by atoms with Gasteiger partial charge in [-0.2, -0.15) is 0 Å². The van der Waals surface area contributed by atoms with Crippen molar-refractivity contribution in [1.82, 2.24) is 5.32 Å². The van der Waals surface area contributed by atoms with E-state index in [4.69, 9.17) is 30.5 Å². The smallest absolute Gasteiger partial charge is 0.231 e. The van der Waals surface area contributed by atoms with Crippen molar-refractivity contribution in [1.29, 1.82) is 0 Å². The van der Waals surface area contributed by atoms with Crippen molar-refractivity contribution in [2.45, 2.75) is 19.7 Å². The summed E-state index contributed by atoms with van der Waals surface area (Å²) in [6.07, 6.45) is 0. The molecule has 1 aliphatic rings. The van der Waals surface area contributed by atoms with E-state index in [1.165, 1.54) is 0 Å². The number of nitrogens with one attached hydrogen (secondary N) is 1. The van der Waals surface area contributed by atoms with Crippen LogP contribution in [0.3, 0.4) is 0 Å². The van der Waals surface area contributed by atoms with Crippen LogP contribution in [0, 0.1) is 0 Å². The Kier molecular flexibility index (Phi) is 6.67. The van der Waals surface area contributed by atoms with Crippen LogP contribution in [0.15, 0.2) is 59.1 Å². The number of halogens is 2. The molecule has 0 unspecified atom stereocenters. The molecule has 0 bridgehead atoms. The van der Waals surface area contributed by atoms with Crippen LogP contribution in [-0.4, -0.2) is 13.9 Å². The third-order valence-electron chi connectivity index (χ3n) is 4.72. The number of fused-ring (bicyclic) bond motifs is 1. The Morgan fingerprint density at radius 2 is 1.70 bits per heavy atom. The third kappa shape index (κ3) is 5.01. The first kappa shape index (κ1) is 20.8. The van der Waals surface area contributed by atoms with Gasteiger partial charge in [-0.05, 0) is 53.1 Å². The monoisotopic (exact) mass is 489 g/mol. The summed E-state index contributed by atoms with van der Waals surface area (Å²) in [4.78, 5) is 0. The molecule has 0 saturated heterocycles. The molecule has 0 spiro atoms. The van der Waals surface area contributed by atoms with Gasteiger partial charge in [0, 0.05) is 22.6 Å². The molecule has 0 fully saturated rings. The second-order valence-electron chi connectivity index (χ2n) is 6.80. The zero-order valence-corrected chi connectivity index (χ0v) is 18.8. The van der Waals surface area contributed by atoms with E-state index >= 15 is 0 Å². The maximum absolute atomic E-state index is 5.96. The molecule has 4 rings (SSSR count). The fraction of sp³-hybridized carbons (Fsp3) is 0.217. The number of rotatable bonds is 8. The van der Waals surface area contributed by atoms with Crippen LogP contribution in [0.1, 0.15) is 16.7 Å². The van der Waals surface area contributed by atoms with Crippen molar-refractivity contribution in [3.05, 3.63) is 80.8 Å². The van der Waals surface area contributed by atoms with Gasteiger partial charge in [0.1, 0.15) is 6.61 Å². The molecule has 7 heteroatoms. The Hall–Kier alpha value is -2.41. The van der Waals surface area contributed by atoms with Gasteiger partial charge in [-0.15, -0.1) is 0 Å². The molecular formula is C23H21BrClNO4. The number of methoxy groups -OCH3 is 1. The van der Waals surface area contributed by atoms with Gasteiger partial charge in [0.25, 0.3) is 0 Å². The molecule has 0 saturated carbocycles. The molecule has 1 heterocycles. The summed E-state index contributed by atoms with van der Waals surface area (Å²) in [5, 5.41) is 4.15. The molecule has 0 atom stereocenters. The predicted molar refractivity (Wildman–Crippen MR) is 120 cm³/mol. The van der Waals surface area contributed by atoms with E-state index < -0.39 is 0 Å². The van der Waals surface area contributed by atoms with E-state index in [2.05, 4.69) is 21.2 Å². The molecule has 3 aromatic carbocycles. The standard InChI is InChI=1S/C23H21BrClNO4/c1-27-21-9-17(12-26-11-16-4-7-20-22(8-16)30-14-29-20)19(24)10-23(21)28-13-15-2-5-18(25)6-3-15/h2-10,26H,11-14H2,1H3. The van der Waals surface area contributed by atoms with Crippen molar-refractivity contribution in [2.75, 3.05) is 13.9 Å². The summed E-state index contributed by atoms with van der Waals surface area (Å²) < 4.78 is 23.2. The van der Waals surface area contributed by atoms with E-state index in [0.29, 0.717) is 36.2 Å². The molecule has 5 nitrogen and oxygen atoms in total. The number of hydrogen-bond acceptors (Lipinski definition) is 5. The average Bonchev–Trinajstić information content (AvgIpc) is 3.22. The Balaban J connectivity index is 1.38. The zero-order valence-electron chi connectivity index (χ0n) is 16.4. The van der Waals surface area contributed by atoms with Crippen LogP contribution >= 0.6 is 27.5 Å². The highest BCUT2D eigenvalue weighted by Crippen LogP contribution is 2.35.